The Labute approximate surface area is 155 Å². The van der Waals surface area contributed by atoms with Crippen molar-refractivity contribution < 1.29 is 9.90 Å². The number of carbonyl (C=O) groups excluding carboxylic acids is 1. The van der Waals surface area contributed by atoms with Crippen LogP contribution in [-0.2, 0) is 13.1 Å². The topological polar surface area (TPSA) is 40.5 Å². The number of nitrogens with zero attached hydrogens (tertiary/aromatic N) is 1. The summed E-state index contributed by atoms with van der Waals surface area (Å²) in [6.45, 7) is 1.11. The molecule has 0 unspecified atom stereocenters. The second-order valence-corrected chi connectivity index (χ2v) is 8.44. The molecule has 128 valence electrons. The largest absolute Gasteiger partial charge is 0.507 e. The van der Waals surface area contributed by atoms with E-state index in [9.17, 15) is 9.90 Å². The van der Waals surface area contributed by atoms with Crippen molar-refractivity contribution in [2.45, 2.75) is 31.8 Å². The third kappa shape index (κ3) is 3.78. The Balaban J connectivity index is 1.59. The number of hydrogen-bond donors (Lipinski definition) is 1. The molecule has 3 aromatic rings. The Morgan fingerprint density at radius 1 is 1.04 bits per heavy atom. The second-order valence-electron chi connectivity index (χ2n) is 6.37. The number of thiophene rings is 2. The molecule has 0 saturated heterocycles. The minimum Gasteiger partial charge on any atom is -0.507 e. The fourth-order valence-corrected chi connectivity index (χ4v) is 4.39. The Hall–Kier alpha value is -2.11. The fraction of sp³-hybridized carbons (Fsp3) is 0.250. The van der Waals surface area contributed by atoms with Crippen molar-refractivity contribution in [1.82, 2.24) is 4.90 Å². The minimum absolute atomic E-state index is 0.0942. The summed E-state index contributed by atoms with van der Waals surface area (Å²) >= 11 is 3.28. The van der Waals surface area contributed by atoms with Crippen LogP contribution in [0.1, 0.15) is 44.4 Å². The van der Waals surface area contributed by atoms with Crippen molar-refractivity contribution in [3.63, 3.8) is 0 Å². The highest BCUT2D eigenvalue weighted by atomic mass is 32.1. The third-order valence-electron chi connectivity index (χ3n) is 4.44. The molecule has 4 rings (SSSR count). The lowest BCUT2D eigenvalue weighted by molar-refractivity contribution is 0.0730. The Morgan fingerprint density at radius 3 is 2.16 bits per heavy atom. The quantitative estimate of drug-likeness (QED) is 0.646. The molecular weight excluding hydrogens is 350 g/mol. The van der Waals surface area contributed by atoms with Gasteiger partial charge in [0.05, 0.1) is 18.7 Å². The van der Waals surface area contributed by atoms with Crippen LogP contribution in [0.3, 0.4) is 0 Å². The molecular formula is C20H19NO2S2. The maximum Gasteiger partial charge on any atom is 0.258 e. The van der Waals surface area contributed by atoms with Crippen molar-refractivity contribution in [2.75, 3.05) is 0 Å². The summed E-state index contributed by atoms with van der Waals surface area (Å²) in [5, 5.41) is 14.4. The molecule has 25 heavy (non-hydrogen) atoms. The monoisotopic (exact) mass is 369 g/mol. The number of rotatable bonds is 6. The van der Waals surface area contributed by atoms with E-state index in [0.717, 1.165) is 15.3 Å². The highest BCUT2D eigenvalue weighted by molar-refractivity contribution is 7.10. The van der Waals surface area contributed by atoms with Crippen LogP contribution in [-0.4, -0.2) is 15.9 Å². The molecule has 1 aliphatic rings. The summed E-state index contributed by atoms with van der Waals surface area (Å²) in [6.07, 6.45) is 2.35. The number of benzene rings is 1. The van der Waals surface area contributed by atoms with Gasteiger partial charge in [-0.25, -0.2) is 0 Å². The molecule has 0 radical (unpaired) electrons. The molecule has 2 heterocycles. The summed E-state index contributed by atoms with van der Waals surface area (Å²) in [6, 6.07) is 13.6. The molecule has 1 aliphatic carbocycles. The SMILES string of the molecule is O=C(c1ccc(C2CC2)cc1O)N(Cc1cccs1)Cc1cccs1. The van der Waals surface area contributed by atoms with E-state index in [2.05, 4.69) is 0 Å². The van der Waals surface area contributed by atoms with Crippen LogP contribution in [0.15, 0.2) is 53.2 Å². The Morgan fingerprint density at radius 2 is 1.68 bits per heavy atom. The maximum absolute atomic E-state index is 13.1. The first-order valence-electron chi connectivity index (χ1n) is 8.37. The molecule has 1 fully saturated rings. The summed E-state index contributed by atoms with van der Waals surface area (Å²) < 4.78 is 0. The number of amides is 1. The molecule has 1 saturated carbocycles. The first-order chi connectivity index (χ1) is 12.2. The molecule has 1 N–H and O–H groups in total. The summed E-state index contributed by atoms with van der Waals surface area (Å²) in [7, 11) is 0. The van der Waals surface area contributed by atoms with Gasteiger partial charge in [-0.3, -0.25) is 4.79 Å². The molecule has 0 aliphatic heterocycles. The van der Waals surface area contributed by atoms with Crippen molar-refractivity contribution in [2.24, 2.45) is 0 Å². The standard InChI is InChI=1S/C20H19NO2S2/c22-19-11-15(14-5-6-14)7-8-18(19)20(23)21(12-16-3-1-9-24-16)13-17-4-2-10-25-17/h1-4,7-11,14,22H,5-6,12-13H2. The zero-order chi connectivity index (χ0) is 17.2. The van der Waals surface area contributed by atoms with E-state index in [4.69, 9.17) is 0 Å². The van der Waals surface area contributed by atoms with E-state index in [1.54, 1.807) is 34.8 Å². The van der Waals surface area contributed by atoms with Gasteiger partial charge in [0.15, 0.2) is 0 Å². The highest BCUT2D eigenvalue weighted by Crippen LogP contribution is 2.41. The normalized spacial score (nSPS) is 13.8. The molecule has 0 bridgehead atoms. The van der Waals surface area contributed by atoms with Crippen molar-refractivity contribution >= 4 is 28.6 Å². The molecule has 3 nitrogen and oxygen atoms in total. The first-order valence-corrected chi connectivity index (χ1v) is 10.1. The van der Waals surface area contributed by atoms with E-state index in [0.29, 0.717) is 24.6 Å². The van der Waals surface area contributed by atoms with E-state index in [-0.39, 0.29) is 11.7 Å². The predicted octanol–water partition coefficient (Wildman–Crippen LogP) is 5.24. The minimum atomic E-state index is -0.123. The summed E-state index contributed by atoms with van der Waals surface area (Å²) in [4.78, 5) is 17.2. The van der Waals surface area contributed by atoms with Gasteiger partial charge in [0.25, 0.3) is 5.91 Å². The lowest BCUT2D eigenvalue weighted by Crippen LogP contribution is -2.29. The first kappa shape index (κ1) is 16.4. The van der Waals surface area contributed by atoms with Crippen molar-refractivity contribution in [1.29, 1.82) is 0 Å². The van der Waals surface area contributed by atoms with E-state index >= 15 is 0 Å². The van der Waals surface area contributed by atoms with Crippen LogP contribution < -0.4 is 0 Å². The number of hydrogen-bond acceptors (Lipinski definition) is 4. The number of carbonyl (C=O) groups is 1. The van der Waals surface area contributed by atoms with Crippen LogP contribution in [0.4, 0.5) is 0 Å². The van der Waals surface area contributed by atoms with Crippen LogP contribution in [0.2, 0.25) is 0 Å². The fourth-order valence-electron chi connectivity index (χ4n) is 2.95. The molecule has 5 heteroatoms. The van der Waals surface area contributed by atoms with E-state index in [1.807, 2.05) is 46.0 Å². The third-order valence-corrected chi connectivity index (χ3v) is 6.16. The molecule has 1 aromatic carbocycles. The van der Waals surface area contributed by atoms with Crippen LogP contribution in [0.5, 0.6) is 5.75 Å². The van der Waals surface area contributed by atoms with Crippen molar-refractivity contribution in [3.8, 4) is 5.75 Å². The van der Waals surface area contributed by atoms with Crippen LogP contribution in [0, 0.1) is 0 Å². The average molecular weight is 370 g/mol. The van der Waals surface area contributed by atoms with E-state index in [1.165, 1.54) is 12.8 Å². The zero-order valence-electron chi connectivity index (χ0n) is 13.7. The van der Waals surface area contributed by atoms with Gasteiger partial charge in [0.1, 0.15) is 5.75 Å². The Bertz CT molecular complexity index is 816. The smallest absolute Gasteiger partial charge is 0.258 e. The van der Waals surface area contributed by atoms with Gasteiger partial charge in [0, 0.05) is 9.75 Å². The molecule has 2 aromatic heterocycles. The second kappa shape index (κ2) is 7.02. The predicted molar refractivity (Wildman–Crippen MR) is 102 cm³/mol. The van der Waals surface area contributed by atoms with Crippen LogP contribution in [0.25, 0.3) is 0 Å². The summed E-state index contributed by atoms with van der Waals surface area (Å²) in [5.41, 5.74) is 1.52. The molecule has 1 amide bonds. The number of aromatic hydroxyl groups is 1. The number of phenols is 1. The maximum atomic E-state index is 13.1. The molecule has 0 spiro atoms. The van der Waals surface area contributed by atoms with Gasteiger partial charge in [-0.15, -0.1) is 22.7 Å². The zero-order valence-corrected chi connectivity index (χ0v) is 15.4. The lowest BCUT2D eigenvalue weighted by atomic mass is 10.1. The van der Waals surface area contributed by atoms with Gasteiger partial charge in [0.2, 0.25) is 0 Å². The lowest BCUT2D eigenvalue weighted by Gasteiger charge is -2.22. The van der Waals surface area contributed by atoms with Gasteiger partial charge >= 0.3 is 0 Å². The van der Waals surface area contributed by atoms with Gasteiger partial charge < -0.3 is 10.0 Å². The Kier molecular flexibility index (Phi) is 4.59. The van der Waals surface area contributed by atoms with Gasteiger partial charge in [-0.2, -0.15) is 0 Å². The van der Waals surface area contributed by atoms with Crippen molar-refractivity contribution in [3.05, 3.63) is 74.1 Å². The number of phenolic OH excluding ortho intramolecular Hbond substituents is 1. The highest BCUT2D eigenvalue weighted by Gasteiger charge is 2.26. The summed E-state index contributed by atoms with van der Waals surface area (Å²) in [5.74, 6) is 0.529. The van der Waals surface area contributed by atoms with Gasteiger partial charge in [-0.1, -0.05) is 18.2 Å². The van der Waals surface area contributed by atoms with E-state index < -0.39 is 0 Å². The average Bonchev–Trinajstić information content (AvgIpc) is 3.09. The van der Waals surface area contributed by atoms with Crippen LogP contribution >= 0.6 is 22.7 Å². The van der Waals surface area contributed by atoms with Gasteiger partial charge in [-0.05, 0) is 59.3 Å². The molecule has 0 atom stereocenters.